The molecule has 4 heteroatoms. The van der Waals surface area contributed by atoms with Gasteiger partial charge in [0.15, 0.2) is 5.11 Å². The lowest BCUT2D eigenvalue weighted by atomic mass is 9.96. The van der Waals surface area contributed by atoms with Crippen LogP contribution in [0, 0.1) is 11.8 Å². The molecule has 0 saturated heterocycles. The van der Waals surface area contributed by atoms with Crippen molar-refractivity contribution in [3.63, 3.8) is 0 Å². The fourth-order valence-corrected chi connectivity index (χ4v) is 2.78. The van der Waals surface area contributed by atoms with Gasteiger partial charge in [-0.25, -0.2) is 5.84 Å². The van der Waals surface area contributed by atoms with Crippen LogP contribution in [0.5, 0.6) is 0 Å². The zero-order chi connectivity index (χ0) is 8.55. The van der Waals surface area contributed by atoms with E-state index in [1.54, 1.807) is 0 Å². The molecule has 2 fully saturated rings. The van der Waals surface area contributed by atoms with E-state index in [-0.39, 0.29) is 0 Å². The van der Waals surface area contributed by atoms with Gasteiger partial charge in [-0.15, -0.1) is 0 Å². The zero-order valence-corrected chi connectivity index (χ0v) is 7.86. The maximum atomic E-state index is 5.19. The quantitative estimate of drug-likeness (QED) is 0.316. The number of hydrogen-bond donors (Lipinski definition) is 3. The monoisotopic (exact) mass is 185 g/mol. The highest BCUT2D eigenvalue weighted by Gasteiger charge is 2.39. The summed E-state index contributed by atoms with van der Waals surface area (Å²) in [5.41, 5.74) is 2.47. The van der Waals surface area contributed by atoms with Gasteiger partial charge in [-0.1, -0.05) is 6.42 Å². The first-order valence-electron chi connectivity index (χ1n) is 4.56. The molecule has 2 rings (SSSR count). The van der Waals surface area contributed by atoms with E-state index < -0.39 is 0 Å². The van der Waals surface area contributed by atoms with Crippen molar-refractivity contribution in [2.75, 3.05) is 0 Å². The van der Waals surface area contributed by atoms with Crippen molar-refractivity contribution in [3.05, 3.63) is 0 Å². The molecule has 3 nitrogen and oxygen atoms in total. The SMILES string of the molecule is NNC(=S)N[C@H]1C[C@H]2CC[C@@H]1C2. The molecule has 0 unspecified atom stereocenters. The van der Waals surface area contributed by atoms with Crippen molar-refractivity contribution < 1.29 is 0 Å². The van der Waals surface area contributed by atoms with Crippen molar-refractivity contribution in [1.82, 2.24) is 10.7 Å². The minimum absolute atomic E-state index is 0.590. The van der Waals surface area contributed by atoms with Crippen LogP contribution in [0.1, 0.15) is 25.7 Å². The van der Waals surface area contributed by atoms with Gasteiger partial charge < -0.3 is 10.7 Å². The number of rotatable bonds is 1. The molecule has 2 saturated carbocycles. The van der Waals surface area contributed by atoms with Crippen LogP contribution in [0.2, 0.25) is 0 Å². The van der Waals surface area contributed by atoms with Gasteiger partial charge in [-0.05, 0) is 43.3 Å². The Balaban J connectivity index is 1.86. The molecule has 4 N–H and O–H groups in total. The molecule has 0 amide bonds. The highest BCUT2D eigenvalue weighted by molar-refractivity contribution is 7.80. The summed E-state index contributed by atoms with van der Waals surface area (Å²) in [6.45, 7) is 0. The van der Waals surface area contributed by atoms with Crippen LogP contribution in [0.15, 0.2) is 0 Å². The van der Waals surface area contributed by atoms with E-state index in [9.17, 15) is 0 Å². The second-order valence-corrected chi connectivity index (χ2v) is 4.31. The van der Waals surface area contributed by atoms with Crippen molar-refractivity contribution in [3.8, 4) is 0 Å². The van der Waals surface area contributed by atoms with E-state index in [4.69, 9.17) is 18.1 Å². The van der Waals surface area contributed by atoms with E-state index >= 15 is 0 Å². The number of nitrogens with two attached hydrogens (primary N) is 1. The van der Waals surface area contributed by atoms with Gasteiger partial charge in [0, 0.05) is 6.04 Å². The molecule has 0 aromatic heterocycles. The molecule has 0 aromatic rings. The third-order valence-electron chi connectivity index (χ3n) is 3.19. The Kier molecular flexibility index (Phi) is 2.19. The van der Waals surface area contributed by atoms with Crippen LogP contribution in [-0.2, 0) is 0 Å². The molecular weight excluding hydrogens is 170 g/mol. The average molecular weight is 185 g/mol. The molecule has 0 spiro atoms. The normalized spacial score (nSPS) is 38.2. The lowest BCUT2D eigenvalue weighted by molar-refractivity contribution is 0.389. The van der Waals surface area contributed by atoms with Crippen LogP contribution in [-0.4, -0.2) is 11.2 Å². The van der Waals surface area contributed by atoms with E-state index in [1.165, 1.54) is 25.7 Å². The fraction of sp³-hybridized carbons (Fsp3) is 0.875. The average Bonchev–Trinajstić information content (AvgIpc) is 2.64. The van der Waals surface area contributed by atoms with Crippen LogP contribution in [0.3, 0.4) is 0 Å². The summed E-state index contributed by atoms with van der Waals surface area (Å²) in [5, 5.41) is 3.85. The molecule has 0 radical (unpaired) electrons. The molecule has 3 atom stereocenters. The first-order valence-corrected chi connectivity index (χ1v) is 4.97. The van der Waals surface area contributed by atoms with E-state index in [1.807, 2.05) is 0 Å². The highest BCUT2D eigenvalue weighted by Crippen LogP contribution is 2.44. The Bertz CT molecular complexity index is 195. The van der Waals surface area contributed by atoms with Gasteiger partial charge in [0.2, 0.25) is 0 Å². The minimum Gasteiger partial charge on any atom is -0.359 e. The standard InChI is InChI=1S/C8H15N3S/c9-11-8(12)10-7-4-5-1-2-6(7)3-5/h5-7H,1-4,9H2,(H2,10,11,12)/t5-,6+,7-/m0/s1. The maximum Gasteiger partial charge on any atom is 0.180 e. The molecule has 2 aliphatic rings. The first-order chi connectivity index (χ1) is 5.79. The molecule has 2 aliphatic carbocycles. The van der Waals surface area contributed by atoms with Gasteiger partial charge in [-0.3, -0.25) is 0 Å². The molecule has 2 bridgehead atoms. The summed E-state index contributed by atoms with van der Waals surface area (Å²) in [7, 11) is 0. The Morgan fingerprint density at radius 2 is 2.17 bits per heavy atom. The predicted octanol–water partition coefficient (Wildman–Crippen LogP) is 0.513. The molecule has 12 heavy (non-hydrogen) atoms. The highest BCUT2D eigenvalue weighted by atomic mass is 32.1. The van der Waals surface area contributed by atoms with Gasteiger partial charge in [0.25, 0.3) is 0 Å². The predicted molar refractivity (Wildman–Crippen MR) is 52.3 cm³/mol. The number of fused-ring (bicyclic) bond motifs is 2. The summed E-state index contributed by atoms with van der Waals surface area (Å²) >= 11 is 4.96. The van der Waals surface area contributed by atoms with Crippen molar-refractivity contribution in [1.29, 1.82) is 0 Å². The van der Waals surface area contributed by atoms with Crippen molar-refractivity contribution in [2.24, 2.45) is 17.7 Å². The second kappa shape index (κ2) is 3.18. The Morgan fingerprint density at radius 3 is 2.67 bits per heavy atom. The van der Waals surface area contributed by atoms with Gasteiger partial charge in [0.05, 0.1) is 0 Å². The van der Waals surface area contributed by atoms with Gasteiger partial charge >= 0.3 is 0 Å². The van der Waals surface area contributed by atoms with Crippen molar-refractivity contribution in [2.45, 2.75) is 31.7 Å². The number of hydrazine groups is 1. The van der Waals surface area contributed by atoms with Gasteiger partial charge in [0.1, 0.15) is 0 Å². The third-order valence-corrected chi connectivity index (χ3v) is 3.42. The molecule has 0 aromatic carbocycles. The molecule has 0 heterocycles. The Hall–Kier alpha value is -0.350. The summed E-state index contributed by atoms with van der Waals surface area (Å²) in [4.78, 5) is 0. The van der Waals surface area contributed by atoms with Gasteiger partial charge in [-0.2, -0.15) is 0 Å². The fourth-order valence-electron chi connectivity index (χ4n) is 2.63. The summed E-state index contributed by atoms with van der Waals surface area (Å²) < 4.78 is 0. The zero-order valence-electron chi connectivity index (χ0n) is 7.05. The number of nitrogens with one attached hydrogen (secondary N) is 2. The smallest absolute Gasteiger partial charge is 0.180 e. The second-order valence-electron chi connectivity index (χ2n) is 3.90. The van der Waals surface area contributed by atoms with Crippen LogP contribution < -0.4 is 16.6 Å². The van der Waals surface area contributed by atoms with E-state index in [0.717, 1.165) is 11.8 Å². The topological polar surface area (TPSA) is 50.1 Å². The molecule has 68 valence electrons. The summed E-state index contributed by atoms with van der Waals surface area (Å²) in [6, 6.07) is 0.590. The number of hydrogen-bond acceptors (Lipinski definition) is 2. The minimum atomic E-state index is 0.590. The summed E-state index contributed by atoms with van der Waals surface area (Å²) in [6.07, 6.45) is 5.47. The van der Waals surface area contributed by atoms with E-state index in [0.29, 0.717) is 11.2 Å². The van der Waals surface area contributed by atoms with Crippen LogP contribution in [0.4, 0.5) is 0 Å². The van der Waals surface area contributed by atoms with Crippen LogP contribution >= 0.6 is 12.2 Å². The summed E-state index contributed by atoms with van der Waals surface area (Å²) in [5.74, 6) is 6.99. The van der Waals surface area contributed by atoms with Crippen molar-refractivity contribution >= 4 is 17.3 Å². The van der Waals surface area contributed by atoms with Crippen LogP contribution in [0.25, 0.3) is 0 Å². The van der Waals surface area contributed by atoms with E-state index in [2.05, 4.69) is 10.7 Å². The lowest BCUT2D eigenvalue weighted by Crippen LogP contribution is -2.46. The number of thiocarbonyl (C=S) groups is 1. The Labute approximate surface area is 78.1 Å². The molecular formula is C8H15N3S. The Morgan fingerprint density at radius 1 is 1.33 bits per heavy atom. The third kappa shape index (κ3) is 1.41. The lowest BCUT2D eigenvalue weighted by Gasteiger charge is -2.23. The largest absolute Gasteiger partial charge is 0.359 e. The maximum absolute atomic E-state index is 5.19. The first kappa shape index (κ1) is 8.26. The molecule has 0 aliphatic heterocycles.